The minimum atomic E-state index is -0.431. The summed E-state index contributed by atoms with van der Waals surface area (Å²) >= 11 is 0. The molecule has 0 spiro atoms. The van der Waals surface area contributed by atoms with Crippen LogP contribution < -0.4 is 16.4 Å². The number of anilines is 3. The van der Waals surface area contributed by atoms with Gasteiger partial charge in [0.2, 0.25) is 11.8 Å². The molecule has 4 N–H and O–H groups in total. The second kappa shape index (κ2) is 9.62. The molecule has 7 nitrogen and oxygen atoms in total. The number of carbonyl (C=O) groups is 2. The van der Waals surface area contributed by atoms with Gasteiger partial charge in [-0.3, -0.25) is 14.6 Å². The molecular weight excluding hydrogens is 450 g/mol. The topological polar surface area (TPSA) is 110 Å². The van der Waals surface area contributed by atoms with E-state index < -0.39 is 5.91 Å². The molecule has 0 bridgehead atoms. The molecular formula is C29H27N5O2. The molecule has 2 heterocycles. The third kappa shape index (κ3) is 4.81. The predicted molar refractivity (Wildman–Crippen MR) is 141 cm³/mol. The molecule has 1 saturated carbocycles. The second-order valence-corrected chi connectivity index (χ2v) is 9.14. The fourth-order valence-electron chi connectivity index (χ4n) is 4.54. The number of aromatic nitrogens is 2. The van der Waals surface area contributed by atoms with Crippen LogP contribution in [0.15, 0.2) is 79.3 Å². The molecule has 7 heteroatoms. The molecule has 4 aromatic rings. The highest BCUT2D eigenvalue weighted by molar-refractivity contribution is 5.96. The van der Waals surface area contributed by atoms with E-state index in [9.17, 15) is 9.59 Å². The van der Waals surface area contributed by atoms with Crippen LogP contribution in [0.1, 0.15) is 39.4 Å². The van der Waals surface area contributed by atoms with Crippen LogP contribution in [0, 0.1) is 19.8 Å². The van der Waals surface area contributed by atoms with E-state index in [2.05, 4.69) is 32.7 Å². The fraction of sp³-hybridized carbons (Fsp3) is 0.172. The Bertz CT molecular complexity index is 1430. The normalized spacial score (nSPS) is 16.3. The Morgan fingerprint density at radius 3 is 2.42 bits per heavy atom. The molecule has 5 rings (SSSR count). The van der Waals surface area contributed by atoms with Crippen molar-refractivity contribution in [1.29, 1.82) is 0 Å². The van der Waals surface area contributed by atoms with Gasteiger partial charge in [0, 0.05) is 23.2 Å². The lowest BCUT2D eigenvalue weighted by molar-refractivity contribution is -0.117. The number of benzene rings is 2. The van der Waals surface area contributed by atoms with Crippen molar-refractivity contribution in [2.45, 2.75) is 26.2 Å². The summed E-state index contributed by atoms with van der Waals surface area (Å²) in [5.41, 5.74) is 12.4. The van der Waals surface area contributed by atoms with Gasteiger partial charge in [0.1, 0.15) is 5.82 Å². The van der Waals surface area contributed by atoms with Crippen LogP contribution in [0.3, 0.4) is 0 Å². The number of nitrogens with two attached hydrogens (primary N) is 1. The van der Waals surface area contributed by atoms with E-state index in [-0.39, 0.29) is 17.7 Å². The van der Waals surface area contributed by atoms with Gasteiger partial charge in [0.25, 0.3) is 0 Å². The van der Waals surface area contributed by atoms with Crippen LogP contribution in [0.5, 0.6) is 0 Å². The standard InChI is InChI=1S/C29H27N5O2/c1-17-18(2)24(28(30)35)10-9-23(17)20-8-11-27(32-14-20)33-21-12-22(16-31-15-21)34-29(36)26-13-25(26)19-6-4-3-5-7-19/h3-12,14-16,25-26H,13H2,1-2H3,(H2,30,35)(H,32,33)(H,34,36). The summed E-state index contributed by atoms with van der Waals surface area (Å²) in [6.07, 6.45) is 5.97. The van der Waals surface area contributed by atoms with Crippen LogP contribution >= 0.6 is 0 Å². The Morgan fingerprint density at radius 2 is 1.69 bits per heavy atom. The monoisotopic (exact) mass is 477 g/mol. The van der Waals surface area contributed by atoms with E-state index >= 15 is 0 Å². The molecule has 0 radical (unpaired) electrons. The number of carbonyl (C=O) groups excluding carboxylic acids is 2. The van der Waals surface area contributed by atoms with Crippen molar-refractivity contribution in [1.82, 2.24) is 9.97 Å². The summed E-state index contributed by atoms with van der Waals surface area (Å²) in [4.78, 5) is 33.1. The fourth-order valence-corrected chi connectivity index (χ4v) is 4.54. The van der Waals surface area contributed by atoms with E-state index in [1.807, 2.05) is 56.3 Å². The summed E-state index contributed by atoms with van der Waals surface area (Å²) in [5.74, 6) is 0.502. The van der Waals surface area contributed by atoms with Gasteiger partial charge in [-0.25, -0.2) is 4.98 Å². The zero-order chi connectivity index (χ0) is 25.2. The molecule has 1 fully saturated rings. The van der Waals surface area contributed by atoms with Crippen molar-refractivity contribution in [2.75, 3.05) is 10.6 Å². The van der Waals surface area contributed by atoms with E-state index in [1.165, 1.54) is 5.56 Å². The first-order valence-electron chi connectivity index (χ1n) is 11.8. The first-order valence-corrected chi connectivity index (χ1v) is 11.8. The summed E-state index contributed by atoms with van der Waals surface area (Å²) < 4.78 is 0. The number of hydrogen-bond donors (Lipinski definition) is 3. The lowest BCUT2D eigenvalue weighted by atomic mass is 9.94. The smallest absolute Gasteiger partial charge is 0.248 e. The van der Waals surface area contributed by atoms with E-state index in [1.54, 1.807) is 24.7 Å². The highest BCUT2D eigenvalue weighted by Crippen LogP contribution is 2.47. The van der Waals surface area contributed by atoms with Gasteiger partial charge in [0.15, 0.2) is 0 Å². The first-order chi connectivity index (χ1) is 17.4. The Hall–Kier alpha value is -4.52. The Morgan fingerprint density at radius 1 is 0.917 bits per heavy atom. The largest absolute Gasteiger partial charge is 0.366 e. The lowest BCUT2D eigenvalue weighted by Crippen LogP contribution is -2.14. The minimum Gasteiger partial charge on any atom is -0.366 e. The van der Waals surface area contributed by atoms with Crippen LogP contribution in [0.4, 0.5) is 17.2 Å². The number of amides is 2. The molecule has 180 valence electrons. The lowest BCUT2D eigenvalue weighted by Gasteiger charge is -2.13. The van der Waals surface area contributed by atoms with Crippen LogP contribution in [-0.4, -0.2) is 21.8 Å². The van der Waals surface area contributed by atoms with Crippen molar-refractivity contribution < 1.29 is 9.59 Å². The molecule has 2 aromatic carbocycles. The van der Waals surface area contributed by atoms with Crippen molar-refractivity contribution in [3.63, 3.8) is 0 Å². The summed E-state index contributed by atoms with van der Waals surface area (Å²) in [5, 5.41) is 6.23. The maximum Gasteiger partial charge on any atom is 0.248 e. The Balaban J connectivity index is 1.24. The third-order valence-corrected chi connectivity index (χ3v) is 6.76. The molecule has 2 atom stereocenters. The number of nitrogens with one attached hydrogen (secondary N) is 2. The summed E-state index contributed by atoms with van der Waals surface area (Å²) in [7, 11) is 0. The SMILES string of the molecule is Cc1c(C(N)=O)ccc(-c2ccc(Nc3cncc(NC(=O)C4CC4c4ccccc4)c3)nc2)c1C. The van der Waals surface area contributed by atoms with E-state index in [4.69, 9.17) is 5.73 Å². The average molecular weight is 478 g/mol. The number of hydrogen-bond acceptors (Lipinski definition) is 5. The number of primary amides is 1. The number of nitrogens with zero attached hydrogens (tertiary/aromatic N) is 2. The van der Waals surface area contributed by atoms with Gasteiger partial charge >= 0.3 is 0 Å². The van der Waals surface area contributed by atoms with Crippen molar-refractivity contribution >= 4 is 29.0 Å². The van der Waals surface area contributed by atoms with Crippen molar-refractivity contribution in [2.24, 2.45) is 11.7 Å². The molecule has 1 aliphatic rings. The molecule has 2 unspecified atom stereocenters. The Labute approximate surface area is 209 Å². The van der Waals surface area contributed by atoms with Crippen LogP contribution in [0.25, 0.3) is 11.1 Å². The minimum absolute atomic E-state index is 0.0117. The molecule has 36 heavy (non-hydrogen) atoms. The first kappa shape index (κ1) is 23.2. The van der Waals surface area contributed by atoms with Gasteiger partial charge in [-0.15, -0.1) is 0 Å². The van der Waals surface area contributed by atoms with Crippen LogP contribution in [0.2, 0.25) is 0 Å². The zero-order valence-electron chi connectivity index (χ0n) is 20.2. The Kier molecular flexibility index (Phi) is 6.21. The average Bonchev–Trinajstić information content (AvgIpc) is 3.68. The van der Waals surface area contributed by atoms with Crippen molar-refractivity contribution in [3.05, 3.63) is 102 Å². The third-order valence-electron chi connectivity index (χ3n) is 6.76. The van der Waals surface area contributed by atoms with Crippen LogP contribution in [-0.2, 0) is 4.79 Å². The van der Waals surface area contributed by atoms with E-state index in [0.717, 1.165) is 34.4 Å². The molecule has 0 saturated heterocycles. The number of rotatable bonds is 7. The van der Waals surface area contributed by atoms with Gasteiger partial charge in [0.05, 0.1) is 23.8 Å². The highest BCUT2D eigenvalue weighted by atomic mass is 16.2. The predicted octanol–water partition coefficient (Wildman–Crippen LogP) is 5.35. The molecule has 0 aliphatic heterocycles. The quantitative estimate of drug-likeness (QED) is 0.333. The van der Waals surface area contributed by atoms with Crippen molar-refractivity contribution in [3.8, 4) is 11.1 Å². The molecule has 2 amide bonds. The summed E-state index contributed by atoms with van der Waals surface area (Å²) in [6.45, 7) is 3.87. The van der Waals surface area contributed by atoms with Gasteiger partial charge < -0.3 is 16.4 Å². The summed E-state index contributed by atoms with van der Waals surface area (Å²) in [6, 6.07) is 19.5. The second-order valence-electron chi connectivity index (χ2n) is 9.14. The number of pyridine rings is 2. The van der Waals surface area contributed by atoms with E-state index in [0.29, 0.717) is 17.1 Å². The molecule has 1 aliphatic carbocycles. The maximum absolute atomic E-state index is 12.7. The van der Waals surface area contributed by atoms with Gasteiger partial charge in [-0.05, 0) is 72.7 Å². The highest BCUT2D eigenvalue weighted by Gasteiger charge is 2.43. The van der Waals surface area contributed by atoms with Gasteiger partial charge in [-0.2, -0.15) is 0 Å². The molecule has 2 aromatic heterocycles. The van der Waals surface area contributed by atoms with Gasteiger partial charge in [-0.1, -0.05) is 36.4 Å². The maximum atomic E-state index is 12.7. The zero-order valence-corrected chi connectivity index (χ0v) is 20.2.